The van der Waals surface area contributed by atoms with Gasteiger partial charge in [-0.25, -0.2) is 15.0 Å². The molecule has 144 valence electrons. The number of ether oxygens (including phenoxy) is 1. The quantitative estimate of drug-likeness (QED) is 0.628. The fourth-order valence-corrected chi connectivity index (χ4v) is 4.79. The fraction of sp³-hybridized carbons (Fsp3) is 0.400. The van der Waals surface area contributed by atoms with E-state index in [9.17, 15) is 0 Å². The van der Waals surface area contributed by atoms with E-state index in [1.807, 2.05) is 37.0 Å². The topological polar surface area (TPSA) is 63.2 Å². The second-order valence-corrected chi connectivity index (χ2v) is 9.01. The van der Waals surface area contributed by atoms with Gasteiger partial charge < -0.3 is 9.64 Å². The van der Waals surface area contributed by atoms with Gasteiger partial charge in [-0.3, -0.25) is 5.32 Å². The third-order valence-corrected chi connectivity index (χ3v) is 6.76. The van der Waals surface area contributed by atoms with E-state index < -0.39 is 0 Å². The Labute approximate surface area is 170 Å². The zero-order valence-electron chi connectivity index (χ0n) is 15.6. The highest BCUT2D eigenvalue weighted by atomic mass is 32.1. The normalized spacial score (nSPS) is 22.0. The molecule has 0 atom stereocenters. The average molecular weight is 411 g/mol. The van der Waals surface area contributed by atoms with Crippen LogP contribution in [0.1, 0.15) is 18.4 Å². The molecule has 2 aliphatic rings. The Hall–Kier alpha value is -2.08. The highest BCUT2D eigenvalue weighted by molar-refractivity contribution is 7.21. The van der Waals surface area contributed by atoms with Crippen molar-refractivity contribution < 1.29 is 4.74 Å². The van der Waals surface area contributed by atoms with E-state index >= 15 is 0 Å². The molecule has 1 saturated carbocycles. The minimum absolute atomic E-state index is 0.254. The van der Waals surface area contributed by atoms with Gasteiger partial charge in [0.15, 0.2) is 0 Å². The molecule has 0 amide bonds. The first-order chi connectivity index (χ1) is 13.7. The van der Waals surface area contributed by atoms with E-state index in [0.717, 1.165) is 48.7 Å². The van der Waals surface area contributed by atoms with Crippen LogP contribution in [0, 0.1) is 12.8 Å². The first kappa shape index (κ1) is 18.0. The standard InChI is InChI=1S/C20H22N5OPS/c1-12-7-21-20(22-8-12)25-9-14(10-25)24-19(27)13-5-15(6-13)26-16-3-2-4-17-18(16)23-11-28-17/h2-4,7-8,11,13-15,24,27H,5-6,9-10H2,1H3. The Morgan fingerprint density at radius 1 is 1.21 bits per heavy atom. The number of nitrogens with zero attached hydrogens (tertiary/aromatic N) is 4. The number of hydrogen-bond acceptors (Lipinski definition) is 6. The molecule has 1 aliphatic carbocycles. The van der Waals surface area contributed by atoms with E-state index in [0.29, 0.717) is 12.0 Å². The molecule has 1 aromatic carbocycles. The van der Waals surface area contributed by atoms with Gasteiger partial charge in [-0.2, -0.15) is 0 Å². The monoisotopic (exact) mass is 411 g/mol. The van der Waals surface area contributed by atoms with Crippen molar-refractivity contribution in [2.45, 2.75) is 31.9 Å². The number of para-hydroxylation sites is 1. The molecule has 5 rings (SSSR count). The first-order valence-corrected chi connectivity index (χ1v) is 10.9. The lowest BCUT2D eigenvalue weighted by Gasteiger charge is -2.43. The number of fused-ring (bicyclic) bond motifs is 1. The lowest BCUT2D eigenvalue weighted by atomic mass is 9.81. The van der Waals surface area contributed by atoms with Crippen molar-refractivity contribution in [2.75, 3.05) is 18.0 Å². The zero-order chi connectivity index (χ0) is 19.1. The second kappa shape index (κ2) is 7.39. The maximum atomic E-state index is 6.19. The third kappa shape index (κ3) is 3.50. The number of hydrogen-bond donors (Lipinski definition) is 1. The van der Waals surface area contributed by atoms with Crippen molar-refractivity contribution in [3.63, 3.8) is 0 Å². The predicted molar refractivity (Wildman–Crippen MR) is 116 cm³/mol. The van der Waals surface area contributed by atoms with Gasteiger partial charge in [0.1, 0.15) is 17.4 Å². The molecule has 0 unspecified atom stereocenters. The van der Waals surface area contributed by atoms with Crippen molar-refractivity contribution in [3.05, 3.63) is 41.7 Å². The molecule has 3 aromatic rings. The zero-order valence-corrected chi connectivity index (χ0v) is 17.4. The molecule has 1 N–H and O–H groups in total. The molecule has 6 nitrogen and oxygen atoms in total. The Kier molecular flexibility index (Phi) is 4.75. The lowest BCUT2D eigenvalue weighted by Crippen LogP contribution is -2.61. The highest BCUT2D eigenvalue weighted by Crippen LogP contribution is 2.35. The van der Waals surface area contributed by atoms with Crippen molar-refractivity contribution in [1.82, 2.24) is 20.3 Å². The molecule has 0 spiro atoms. The molecule has 2 fully saturated rings. The molecular weight excluding hydrogens is 389 g/mol. The summed E-state index contributed by atoms with van der Waals surface area (Å²) < 4.78 is 7.36. The summed E-state index contributed by atoms with van der Waals surface area (Å²) in [5, 5.41) is 3.61. The van der Waals surface area contributed by atoms with Crippen LogP contribution in [0.25, 0.3) is 10.2 Å². The fourth-order valence-electron chi connectivity index (χ4n) is 3.65. The minimum Gasteiger partial charge on any atom is -0.488 e. The Bertz CT molecular complexity index is 995. The summed E-state index contributed by atoms with van der Waals surface area (Å²) in [6.45, 7) is 3.86. The van der Waals surface area contributed by atoms with Crippen molar-refractivity contribution >= 4 is 41.8 Å². The van der Waals surface area contributed by atoms with Crippen molar-refractivity contribution in [2.24, 2.45) is 5.92 Å². The number of nitrogens with one attached hydrogen (secondary N) is 1. The maximum Gasteiger partial charge on any atom is 0.225 e. The number of aryl methyl sites for hydroxylation is 1. The number of thiazole rings is 1. The van der Waals surface area contributed by atoms with Crippen LogP contribution >= 0.6 is 20.2 Å². The smallest absolute Gasteiger partial charge is 0.225 e. The molecule has 8 heteroatoms. The van der Waals surface area contributed by atoms with Crippen molar-refractivity contribution in [3.8, 4) is 5.75 Å². The van der Waals surface area contributed by atoms with Crippen LogP contribution in [-0.4, -0.2) is 45.6 Å². The van der Waals surface area contributed by atoms with Gasteiger partial charge in [-0.1, -0.05) is 6.07 Å². The Morgan fingerprint density at radius 3 is 2.79 bits per heavy atom. The number of anilines is 1. The largest absolute Gasteiger partial charge is 0.488 e. The van der Waals surface area contributed by atoms with Gasteiger partial charge in [0.05, 0.1) is 10.2 Å². The number of benzene rings is 1. The third-order valence-electron chi connectivity index (χ3n) is 5.41. The SMILES string of the molecule is Cc1cnc(N2CC(NC(=P)C3CC(Oc4cccc5scnc45)C3)C2)nc1. The molecule has 1 aliphatic heterocycles. The second-order valence-electron chi connectivity index (χ2n) is 7.58. The van der Waals surface area contributed by atoms with Crippen LogP contribution in [-0.2, 0) is 0 Å². The van der Waals surface area contributed by atoms with Gasteiger partial charge >= 0.3 is 0 Å². The van der Waals surface area contributed by atoms with Crippen LogP contribution in [0.4, 0.5) is 5.95 Å². The molecule has 28 heavy (non-hydrogen) atoms. The highest BCUT2D eigenvalue weighted by Gasteiger charge is 2.36. The maximum absolute atomic E-state index is 6.19. The average Bonchev–Trinajstić information content (AvgIpc) is 3.11. The molecule has 2 aromatic heterocycles. The van der Waals surface area contributed by atoms with Gasteiger partial charge in [0, 0.05) is 42.9 Å². The molecule has 0 bridgehead atoms. The van der Waals surface area contributed by atoms with E-state index in [1.54, 1.807) is 11.3 Å². The predicted octanol–water partition coefficient (Wildman–Crippen LogP) is 3.30. The lowest BCUT2D eigenvalue weighted by molar-refractivity contribution is 0.0946. The molecule has 0 radical (unpaired) electrons. The van der Waals surface area contributed by atoms with Crippen LogP contribution in [0.3, 0.4) is 0 Å². The van der Waals surface area contributed by atoms with E-state index in [2.05, 4.69) is 40.1 Å². The molecular formula is C20H22N5OPS. The molecule has 3 heterocycles. The van der Waals surface area contributed by atoms with Crippen LogP contribution in [0.2, 0.25) is 0 Å². The van der Waals surface area contributed by atoms with E-state index in [-0.39, 0.29) is 6.10 Å². The number of aromatic nitrogens is 3. The molecule has 1 saturated heterocycles. The van der Waals surface area contributed by atoms with Gasteiger partial charge in [-0.05, 0) is 37.5 Å². The summed E-state index contributed by atoms with van der Waals surface area (Å²) in [5.74, 6) is 2.21. The van der Waals surface area contributed by atoms with Crippen LogP contribution < -0.4 is 15.0 Å². The van der Waals surface area contributed by atoms with Crippen molar-refractivity contribution in [1.29, 1.82) is 0 Å². The summed E-state index contributed by atoms with van der Waals surface area (Å²) in [4.78, 5) is 15.4. The summed E-state index contributed by atoms with van der Waals surface area (Å²) >= 11 is 1.65. The Balaban J connectivity index is 1.08. The number of rotatable bonds is 6. The summed E-state index contributed by atoms with van der Waals surface area (Å²) in [6, 6.07) is 6.57. The van der Waals surface area contributed by atoms with E-state index in [1.165, 1.54) is 10.1 Å². The van der Waals surface area contributed by atoms with Crippen LogP contribution in [0.5, 0.6) is 5.75 Å². The van der Waals surface area contributed by atoms with Gasteiger partial charge in [-0.15, -0.1) is 20.2 Å². The first-order valence-electron chi connectivity index (χ1n) is 9.53. The summed E-state index contributed by atoms with van der Waals surface area (Å²) in [5.41, 5.74) is 5.12. The summed E-state index contributed by atoms with van der Waals surface area (Å²) in [6.07, 6.45) is 6.02. The van der Waals surface area contributed by atoms with Crippen LogP contribution in [0.15, 0.2) is 36.1 Å². The Morgan fingerprint density at radius 2 is 2.00 bits per heavy atom. The van der Waals surface area contributed by atoms with E-state index in [4.69, 9.17) is 4.74 Å². The summed E-state index contributed by atoms with van der Waals surface area (Å²) in [7, 11) is 3.81. The van der Waals surface area contributed by atoms with Gasteiger partial charge in [0.2, 0.25) is 5.95 Å². The minimum atomic E-state index is 0.254. The van der Waals surface area contributed by atoms with Gasteiger partial charge in [0.25, 0.3) is 0 Å².